The zero-order valence-corrected chi connectivity index (χ0v) is 17.6. The van der Waals surface area contributed by atoms with E-state index in [2.05, 4.69) is 20.5 Å². The molecule has 0 saturated heterocycles. The Balaban J connectivity index is 1.44. The molecule has 2 heterocycles. The standard InChI is InChI=1S/C21H21N5O3S/c1-26-20(15-11-22-16-7-5-4-6-14(15)16)24-25-21(26)30-12-19(27)23-13-8-9-17(28-2)18(10-13)29-3/h4-11,22H,12H2,1-3H3,(H,23,27). The van der Waals surface area contributed by atoms with Crippen LogP contribution >= 0.6 is 11.8 Å². The second-order valence-corrected chi connectivity index (χ2v) is 7.46. The number of carbonyl (C=O) groups excluding carboxylic acids is 1. The minimum absolute atomic E-state index is 0.149. The minimum atomic E-state index is -0.149. The Morgan fingerprint density at radius 2 is 1.93 bits per heavy atom. The van der Waals surface area contributed by atoms with Crippen LogP contribution in [0.1, 0.15) is 0 Å². The third-order valence-corrected chi connectivity index (χ3v) is 5.68. The maximum atomic E-state index is 12.4. The first kappa shape index (κ1) is 19.8. The van der Waals surface area contributed by atoms with Gasteiger partial charge in [-0.1, -0.05) is 30.0 Å². The number of aromatic amines is 1. The summed E-state index contributed by atoms with van der Waals surface area (Å²) in [5, 5.41) is 13.2. The van der Waals surface area contributed by atoms with Crippen LogP contribution in [0.3, 0.4) is 0 Å². The first-order valence-electron chi connectivity index (χ1n) is 9.21. The van der Waals surface area contributed by atoms with E-state index in [1.165, 1.54) is 11.8 Å². The third-order valence-electron chi connectivity index (χ3n) is 4.66. The van der Waals surface area contributed by atoms with Crippen LogP contribution in [0.5, 0.6) is 11.5 Å². The van der Waals surface area contributed by atoms with Gasteiger partial charge < -0.3 is 24.3 Å². The van der Waals surface area contributed by atoms with Crippen LogP contribution in [-0.2, 0) is 11.8 Å². The summed E-state index contributed by atoms with van der Waals surface area (Å²) < 4.78 is 12.4. The third kappa shape index (κ3) is 3.84. The van der Waals surface area contributed by atoms with E-state index in [0.717, 1.165) is 22.3 Å². The molecule has 0 aliphatic carbocycles. The number of hydrogen-bond donors (Lipinski definition) is 2. The Morgan fingerprint density at radius 3 is 2.73 bits per heavy atom. The molecule has 0 unspecified atom stereocenters. The topological polar surface area (TPSA) is 94.1 Å². The summed E-state index contributed by atoms with van der Waals surface area (Å²) >= 11 is 1.33. The van der Waals surface area contributed by atoms with Gasteiger partial charge in [0.25, 0.3) is 0 Å². The van der Waals surface area contributed by atoms with Gasteiger partial charge in [0.05, 0.1) is 20.0 Å². The number of hydrogen-bond acceptors (Lipinski definition) is 6. The molecule has 9 heteroatoms. The molecule has 4 aromatic rings. The van der Waals surface area contributed by atoms with Gasteiger partial charge in [0.1, 0.15) is 0 Å². The van der Waals surface area contributed by atoms with Crippen molar-refractivity contribution in [3.63, 3.8) is 0 Å². The van der Waals surface area contributed by atoms with E-state index in [1.807, 2.05) is 42.1 Å². The predicted octanol–water partition coefficient (Wildman–Crippen LogP) is 3.71. The average molecular weight is 423 g/mol. The lowest BCUT2D eigenvalue weighted by atomic mass is 10.1. The van der Waals surface area contributed by atoms with Crippen molar-refractivity contribution in [1.82, 2.24) is 19.7 Å². The van der Waals surface area contributed by atoms with E-state index in [-0.39, 0.29) is 11.7 Å². The molecule has 4 rings (SSSR count). The highest BCUT2D eigenvalue weighted by Gasteiger charge is 2.16. The Hall–Kier alpha value is -3.46. The Labute approximate surface area is 177 Å². The largest absolute Gasteiger partial charge is 0.493 e. The maximum Gasteiger partial charge on any atom is 0.234 e. The molecule has 0 atom stereocenters. The molecule has 0 aliphatic heterocycles. The van der Waals surface area contributed by atoms with Crippen molar-refractivity contribution in [2.45, 2.75) is 5.16 Å². The fourth-order valence-corrected chi connectivity index (χ4v) is 3.88. The van der Waals surface area contributed by atoms with Crippen molar-refractivity contribution < 1.29 is 14.3 Å². The van der Waals surface area contributed by atoms with Crippen LogP contribution in [0.2, 0.25) is 0 Å². The number of nitrogens with one attached hydrogen (secondary N) is 2. The molecule has 8 nitrogen and oxygen atoms in total. The summed E-state index contributed by atoms with van der Waals surface area (Å²) in [4.78, 5) is 15.6. The monoisotopic (exact) mass is 423 g/mol. The van der Waals surface area contributed by atoms with Crippen LogP contribution in [-0.4, -0.2) is 45.6 Å². The molecular formula is C21H21N5O3S. The van der Waals surface area contributed by atoms with Gasteiger partial charge in [-0.2, -0.15) is 0 Å². The number of carbonyl (C=O) groups is 1. The molecule has 2 aromatic heterocycles. The molecule has 154 valence electrons. The molecular weight excluding hydrogens is 402 g/mol. The molecule has 0 aliphatic rings. The van der Waals surface area contributed by atoms with Crippen LogP contribution in [0.4, 0.5) is 5.69 Å². The van der Waals surface area contributed by atoms with Crippen molar-refractivity contribution >= 4 is 34.3 Å². The number of H-pyrrole nitrogens is 1. The summed E-state index contributed by atoms with van der Waals surface area (Å²) in [6, 6.07) is 13.3. The fourth-order valence-electron chi connectivity index (χ4n) is 3.17. The highest BCUT2D eigenvalue weighted by molar-refractivity contribution is 7.99. The summed E-state index contributed by atoms with van der Waals surface area (Å²) in [6.07, 6.45) is 1.92. The lowest BCUT2D eigenvalue weighted by molar-refractivity contribution is -0.113. The van der Waals surface area contributed by atoms with Crippen molar-refractivity contribution in [2.75, 3.05) is 25.3 Å². The first-order chi connectivity index (χ1) is 14.6. The van der Waals surface area contributed by atoms with Crippen molar-refractivity contribution in [3.8, 4) is 22.9 Å². The minimum Gasteiger partial charge on any atom is -0.493 e. The van der Waals surface area contributed by atoms with Gasteiger partial charge in [0.15, 0.2) is 22.5 Å². The Bertz CT molecular complexity index is 1200. The highest BCUT2D eigenvalue weighted by atomic mass is 32.2. The molecule has 0 bridgehead atoms. The summed E-state index contributed by atoms with van der Waals surface area (Å²) in [5.41, 5.74) is 2.65. The van der Waals surface area contributed by atoms with Gasteiger partial charge in [-0.15, -0.1) is 10.2 Å². The lowest BCUT2D eigenvalue weighted by Crippen LogP contribution is -2.14. The normalized spacial score (nSPS) is 10.9. The predicted molar refractivity (Wildman–Crippen MR) is 117 cm³/mol. The molecule has 1 amide bonds. The van der Waals surface area contributed by atoms with Crippen LogP contribution in [0.25, 0.3) is 22.3 Å². The van der Waals surface area contributed by atoms with E-state index < -0.39 is 0 Å². The van der Waals surface area contributed by atoms with E-state index >= 15 is 0 Å². The molecule has 0 saturated carbocycles. The highest BCUT2D eigenvalue weighted by Crippen LogP contribution is 2.31. The first-order valence-corrected chi connectivity index (χ1v) is 10.2. The zero-order valence-electron chi connectivity index (χ0n) is 16.8. The van der Waals surface area contributed by atoms with Crippen molar-refractivity contribution in [3.05, 3.63) is 48.7 Å². The molecule has 2 aromatic carbocycles. The number of thioether (sulfide) groups is 1. The van der Waals surface area contributed by atoms with Gasteiger partial charge in [-0.25, -0.2) is 0 Å². The molecule has 30 heavy (non-hydrogen) atoms. The van der Waals surface area contributed by atoms with Crippen LogP contribution in [0.15, 0.2) is 53.8 Å². The summed E-state index contributed by atoms with van der Waals surface area (Å²) in [5.74, 6) is 1.96. The van der Waals surface area contributed by atoms with Crippen molar-refractivity contribution in [2.24, 2.45) is 7.05 Å². The molecule has 0 spiro atoms. The van der Waals surface area contributed by atoms with Gasteiger partial charge in [0, 0.05) is 41.5 Å². The number of ether oxygens (including phenoxy) is 2. The fraction of sp³-hybridized carbons (Fsp3) is 0.190. The number of benzene rings is 2. The van der Waals surface area contributed by atoms with Gasteiger partial charge in [-0.3, -0.25) is 4.79 Å². The van der Waals surface area contributed by atoms with E-state index in [9.17, 15) is 4.79 Å². The number of rotatable bonds is 7. The number of fused-ring (bicyclic) bond motifs is 1. The lowest BCUT2D eigenvalue weighted by Gasteiger charge is -2.10. The number of anilines is 1. The molecule has 0 radical (unpaired) electrons. The van der Waals surface area contributed by atoms with Crippen molar-refractivity contribution in [1.29, 1.82) is 0 Å². The van der Waals surface area contributed by atoms with E-state index in [4.69, 9.17) is 9.47 Å². The number of para-hydroxylation sites is 1. The van der Waals surface area contributed by atoms with Gasteiger partial charge >= 0.3 is 0 Å². The second-order valence-electron chi connectivity index (χ2n) is 6.52. The van der Waals surface area contributed by atoms with Crippen LogP contribution < -0.4 is 14.8 Å². The second kappa shape index (κ2) is 8.50. The smallest absolute Gasteiger partial charge is 0.234 e. The van der Waals surface area contributed by atoms with Gasteiger partial charge in [0.2, 0.25) is 5.91 Å². The average Bonchev–Trinajstić information content (AvgIpc) is 3.35. The van der Waals surface area contributed by atoms with E-state index in [0.29, 0.717) is 22.3 Å². The molecule has 0 fully saturated rings. The van der Waals surface area contributed by atoms with Crippen LogP contribution in [0, 0.1) is 0 Å². The Morgan fingerprint density at radius 1 is 1.13 bits per heavy atom. The number of nitrogens with zero attached hydrogens (tertiary/aromatic N) is 3. The quantitative estimate of drug-likeness (QED) is 0.440. The van der Waals surface area contributed by atoms with Gasteiger partial charge in [-0.05, 0) is 18.2 Å². The number of aromatic nitrogens is 4. The maximum absolute atomic E-state index is 12.4. The Kier molecular flexibility index (Phi) is 5.62. The molecule has 2 N–H and O–H groups in total. The number of methoxy groups -OCH3 is 2. The summed E-state index contributed by atoms with van der Waals surface area (Å²) in [7, 11) is 5.02. The SMILES string of the molecule is COc1ccc(NC(=O)CSc2nnc(-c3c[nH]c4ccccc34)n2C)cc1OC. The zero-order chi connectivity index (χ0) is 21.1. The number of amides is 1. The summed E-state index contributed by atoms with van der Waals surface area (Å²) in [6.45, 7) is 0. The van der Waals surface area contributed by atoms with E-state index in [1.54, 1.807) is 32.4 Å².